The maximum Gasteiger partial charge on any atom is 0.340 e. The zero-order valence-corrected chi connectivity index (χ0v) is 15.7. The SMILES string of the molecule is COc1cccc(-n2cc(C(=O)OCc3ccncc3)c3ccccc3c2=O)c1. The van der Waals surface area contributed by atoms with Crippen LogP contribution in [0.25, 0.3) is 16.5 Å². The van der Waals surface area contributed by atoms with E-state index in [-0.39, 0.29) is 12.2 Å². The molecule has 0 N–H and O–H groups in total. The first-order chi connectivity index (χ1) is 14.2. The highest BCUT2D eigenvalue weighted by atomic mass is 16.5. The maximum absolute atomic E-state index is 13.0. The second-order valence-electron chi connectivity index (χ2n) is 6.40. The van der Waals surface area contributed by atoms with E-state index in [1.807, 2.05) is 0 Å². The summed E-state index contributed by atoms with van der Waals surface area (Å²) >= 11 is 0. The van der Waals surface area contributed by atoms with E-state index in [2.05, 4.69) is 4.98 Å². The second kappa shape index (κ2) is 7.98. The summed E-state index contributed by atoms with van der Waals surface area (Å²) in [5.41, 5.74) is 1.53. The lowest BCUT2D eigenvalue weighted by Gasteiger charge is -2.13. The standard InChI is InChI=1S/C23H18N2O4/c1-28-18-6-4-5-17(13-18)25-14-21(19-7-2-3-8-20(19)22(25)26)23(27)29-15-16-9-11-24-12-10-16/h2-14H,15H2,1H3. The molecule has 2 aromatic carbocycles. The Morgan fingerprint density at radius 3 is 2.52 bits per heavy atom. The van der Waals surface area contributed by atoms with Gasteiger partial charge >= 0.3 is 5.97 Å². The van der Waals surface area contributed by atoms with Crippen LogP contribution in [0.15, 0.2) is 84.0 Å². The highest BCUT2D eigenvalue weighted by Gasteiger charge is 2.17. The number of rotatable bonds is 5. The Balaban J connectivity index is 1.79. The molecule has 0 unspecified atom stereocenters. The Hall–Kier alpha value is -3.93. The fourth-order valence-corrected chi connectivity index (χ4v) is 3.11. The molecule has 0 bridgehead atoms. The molecule has 0 saturated heterocycles. The van der Waals surface area contributed by atoms with Gasteiger partial charge in [-0.2, -0.15) is 0 Å². The van der Waals surface area contributed by atoms with Crippen LogP contribution in [-0.4, -0.2) is 22.6 Å². The normalized spacial score (nSPS) is 10.7. The number of carbonyl (C=O) groups is 1. The fraction of sp³-hybridized carbons (Fsp3) is 0.0870. The lowest BCUT2D eigenvalue weighted by molar-refractivity contribution is 0.0474. The largest absolute Gasteiger partial charge is 0.497 e. The molecule has 4 aromatic rings. The van der Waals surface area contributed by atoms with Gasteiger partial charge in [-0.05, 0) is 35.9 Å². The summed E-state index contributed by atoms with van der Waals surface area (Å²) in [6.45, 7) is 0.119. The van der Waals surface area contributed by atoms with E-state index in [1.54, 1.807) is 80.2 Å². The molecule has 0 saturated carbocycles. The number of pyridine rings is 2. The first kappa shape index (κ1) is 18.4. The molecule has 29 heavy (non-hydrogen) atoms. The van der Waals surface area contributed by atoms with Crippen molar-refractivity contribution in [3.05, 3.63) is 101 Å². The van der Waals surface area contributed by atoms with Crippen LogP contribution in [-0.2, 0) is 11.3 Å². The Morgan fingerprint density at radius 1 is 1.00 bits per heavy atom. The minimum atomic E-state index is -0.505. The number of nitrogens with zero attached hydrogens (tertiary/aromatic N) is 2. The Bertz CT molecular complexity index is 1230. The molecule has 0 spiro atoms. The first-order valence-electron chi connectivity index (χ1n) is 9.02. The first-order valence-corrected chi connectivity index (χ1v) is 9.02. The summed E-state index contributed by atoms with van der Waals surface area (Å²) < 4.78 is 12.2. The summed E-state index contributed by atoms with van der Waals surface area (Å²) in [4.78, 5) is 29.9. The maximum atomic E-state index is 13.0. The number of fused-ring (bicyclic) bond motifs is 1. The average molecular weight is 386 g/mol. The van der Waals surface area contributed by atoms with Gasteiger partial charge in [-0.25, -0.2) is 4.79 Å². The molecule has 2 heterocycles. The van der Waals surface area contributed by atoms with Crippen molar-refractivity contribution in [3.8, 4) is 11.4 Å². The molecule has 0 aliphatic rings. The van der Waals surface area contributed by atoms with Gasteiger partial charge in [0.25, 0.3) is 5.56 Å². The van der Waals surface area contributed by atoms with Gasteiger partial charge in [-0.1, -0.05) is 24.3 Å². The number of hydrogen-bond donors (Lipinski definition) is 0. The van der Waals surface area contributed by atoms with Crippen molar-refractivity contribution in [2.75, 3.05) is 7.11 Å². The van der Waals surface area contributed by atoms with Crippen LogP contribution in [0.2, 0.25) is 0 Å². The van der Waals surface area contributed by atoms with Gasteiger partial charge in [0, 0.05) is 35.4 Å². The number of aromatic nitrogens is 2. The third-order valence-electron chi connectivity index (χ3n) is 4.60. The van der Waals surface area contributed by atoms with Crippen LogP contribution in [0.3, 0.4) is 0 Å². The number of carbonyl (C=O) groups excluding carboxylic acids is 1. The molecule has 0 aliphatic heterocycles. The summed E-state index contributed by atoms with van der Waals surface area (Å²) in [7, 11) is 1.56. The van der Waals surface area contributed by atoms with E-state index in [9.17, 15) is 9.59 Å². The number of hydrogen-bond acceptors (Lipinski definition) is 5. The average Bonchev–Trinajstić information content (AvgIpc) is 2.78. The van der Waals surface area contributed by atoms with E-state index in [4.69, 9.17) is 9.47 Å². The third kappa shape index (κ3) is 3.73. The van der Waals surface area contributed by atoms with Crippen LogP contribution < -0.4 is 10.3 Å². The summed E-state index contributed by atoms with van der Waals surface area (Å²) in [5.74, 6) is 0.110. The summed E-state index contributed by atoms with van der Waals surface area (Å²) in [5, 5.41) is 0.991. The monoisotopic (exact) mass is 386 g/mol. The van der Waals surface area contributed by atoms with Gasteiger partial charge in [0.1, 0.15) is 12.4 Å². The highest BCUT2D eigenvalue weighted by molar-refractivity contribution is 6.04. The Morgan fingerprint density at radius 2 is 1.76 bits per heavy atom. The smallest absolute Gasteiger partial charge is 0.340 e. The zero-order valence-electron chi connectivity index (χ0n) is 15.7. The van der Waals surface area contributed by atoms with Gasteiger partial charge in [0.05, 0.1) is 18.4 Å². The van der Waals surface area contributed by atoms with Gasteiger partial charge in [-0.15, -0.1) is 0 Å². The van der Waals surface area contributed by atoms with Crippen LogP contribution in [0, 0.1) is 0 Å². The van der Waals surface area contributed by atoms with Crippen molar-refractivity contribution in [2.45, 2.75) is 6.61 Å². The van der Waals surface area contributed by atoms with Crippen LogP contribution in [0.4, 0.5) is 0 Å². The molecule has 0 aliphatic carbocycles. The van der Waals surface area contributed by atoms with Crippen LogP contribution in [0.1, 0.15) is 15.9 Å². The quantitative estimate of drug-likeness (QED) is 0.489. The number of methoxy groups -OCH3 is 1. The van der Waals surface area contributed by atoms with Crippen LogP contribution >= 0.6 is 0 Å². The van der Waals surface area contributed by atoms with Gasteiger partial charge in [0.2, 0.25) is 0 Å². The molecule has 2 aromatic heterocycles. The van der Waals surface area contributed by atoms with Crippen molar-refractivity contribution in [3.63, 3.8) is 0 Å². The minimum absolute atomic E-state index is 0.119. The highest BCUT2D eigenvalue weighted by Crippen LogP contribution is 2.21. The molecule has 4 rings (SSSR count). The Labute approximate surface area is 167 Å². The molecule has 0 radical (unpaired) electrons. The molecule has 0 atom stereocenters. The minimum Gasteiger partial charge on any atom is -0.497 e. The lowest BCUT2D eigenvalue weighted by Crippen LogP contribution is -2.21. The van der Waals surface area contributed by atoms with E-state index in [0.717, 1.165) is 5.56 Å². The predicted octanol–water partition coefficient (Wildman–Crippen LogP) is 3.75. The van der Waals surface area contributed by atoms with Crippen molar-refractivity contribution in [1.82, 2.24) is 9.55 Å². The topological polar surface area (TPSA) is 70.4 Å². The van der Waals surface area contributed by atoms with E-state index >= 15 is 0 Å². The van der Waals surface area contributed by atoms with Crippen molar-refractivity contribution >= 4 is 16.7 Å². The molecule has 0 amide bonds. The lowest BCUT2D eigenvalue weighted by atomic mass is 10.1. The molecule has 144 valence electrons. The summed E-state index contributed by atoms with van der Waals surface area (Å²) in [6, 6.07) is 17.7. The second-order valence-corrected chi connectivity index (χ2v) is 6.40. The van der Waals surface area contributed by atoms with E-state index in [0.29, 0.717) is 27.8 Å². The zero-order chi connectivity index (χ0) is 20.2. The van der Waals surface area contributed by atoms with Gasteiger partial charge < -0.3 is 9.47 Å². The molecule has 6 heteroatoms. The van der Waals surface area contributed by atoms with Crippen molar-refractivity contribution < 1.29 is 14.3 Å². The Kier molecular flexibility index (Phi) is 5.07. The number of benzene rings is 2. The molecule has 0 fully saturated rings. The van der Waals surface area contributed by atoms with Gasteiger partial charge in [-0.3, -0.25) is 14.3 Å². The molecular weight excluding hydrogens is 368 g/mol. The predicted molar refractivity (Wildman–Crippen MR) is 109 cm³/mol. The third-order valence-corrected chi connectivity index (χ3v) is 4.60. The number of esters is 1. The van der Waals surface area contributed by atoms with Gasteiger partial charge in [0.15, 0.2) is 0 Å². The van der Waals surface area contributed by atoms with Crippen molar-refractivity contribution in [2.24, 2.45) is 0 Å². The molecular formula is C23H18N2O4. The van der Waals surface area contributed by atoms with E-state index in [1.165, 1.54) is 10.8 Å². The van der Waals surface area contributed by atoms with Crippen LogP contribution in [0.5, 0.6) is 5.75 Å². The summed E-state index contributed by atoms with van der Waals surface area (Å²) in [6.07, 6.45) is 4.80. The fourth-order valence-electron chi connectivity index (χ4n) is 3.11. The number of ether oxygens (including phenoxy) is 2. The molecule has 6 nitrogen and oxygen atoms in total. The van der Waals surface area contributed by atoms with Crippen molar-refractivity contribution in [1.29, 1.82) is 0 Å². The van der Waals surface area contributed by atoms with E-state index < -0.39 is 5.97 Å².